The minimum atomic E-state index is -0.395. The molecule has 86 valence electrons. The van der Waals surface area contributed by atoms with Crippen molar-refractivity contribution in [2.75, 3.05) is 11.9 Å². The van der Waals surface area contributed by atoms with Gasteiger partial charge in [-0.1, -0.05) is 5.92 Å². The molecule has 0 aliphatic heterocycles. The molecule has 0 aromatic carbocycles. The van der Waals surface area contributed by atoms with Gasteiger partial charge in [-0.05, 0) is 6.92 Å². The van der Waals surface area contributed by atoms with E-state index in [1.807, 2.05) is 6.92 Å². The van der Waals surface area contributed by atoms with Gasteiger partial charge in [0.1, 0.15) is 5.82 Å². The third-order valence-electron chi connectivity index (χ3n) is 2.23. The number of hydrogen-bond donors (Lipinski definition) is 1. The molecule has 0 atom stereocenters. The van der Waals surface area contributed by atoms with Crippen molar-refractivity contribution in [3.63, 3.8) is 0 Å². The van der Waals surface area contributed by atoms with Gasteiger partial charge in [0.05, 0.1) is 42.2 Å². The number of hydrogen-bond acceptors (Lipinski definition) is 3. The summed E-state index contributed by atoms with van der Waals surface area (Å²) >= 11 is 0. The van der Waals surface area contributed by atoms with Crippen LogP contribution in [0.5, 0.6) is 0 Å². The zero-order valence-corrected chi connectivity index (χ0v) is 9.31. The molecule has 0 radical (unpaired) electrons. The highest BCUT2D eigenvalue weighted by molar-refractivity contribution is 5.48. The summed E-state index contributed by atoms with van der Waals surface area (Å²) in [4.78, 5) is 3.77. The van der Waals surface area contributed by atoms with Gasteiger partial charge in [-0.25, -0.2) is 9.07 Å². The molecule has 1 N–H and O–H groups in total. The van der Waals surface area contributed by atoms with Crippen LogP contribution in [0.4, 0.5) is 10.1 Å². The van der Waals surface area contributed by atoms with Crippen LogP contribution in [0.1, 0.15) is 5.69 Å². The van der Waals surface area contributed by atoms with Crippen LogP contribution in [0, 0.1) is 25.1 Å². The summed E-state index contributed by atoms with van der Waals surface area (Å²) in [6.07, 6.45) is 9.61. The zero-order valence-electron chi connectivity index (χ0n) is 9.31. The monoisotopic (exact) mass is 230 g/mol. The lowest BCUT2D eigenvalue weighted by Gasteiger charge is -1.99. The largest absolute Gasteiger partial charge is 0.371 e. The Kier molecular flexibility index (Phi) is 3.06. The number of rotatable bonds is 3. The van der Waals surface area contributed by atoms with Gasteiger partial charge in [-0.15, -0.1) is 6.42 Å². The molecule has 0 bridgehead atoms. The van der Waals surface area contributed by atoms with Gasteiger partial charge in [-0.3, -0.25) is 4.98 Å². The average Bonchev–Trinajstić information content (AvgIpc) is 2.68. The minimum absolute atomic E-state index is 0.395. The number of aromatic nitrogens is 3. The average molecular weight is 230 g/mol. The van der Waals surface area contributed by atoms with Crippen molar-refractivity contribution in [2.24, 2.45) is 0 Å². The summed E-state index contributed by atoms with van der Waals surface area (Å²) in [5.41, 5.74) is 2.19. The van der Waals surface area contributed by atoms with Crippen molar-refractivity contribution in [1.29, 1.82) is 0 Å². The molecule has 0 saturated carbocycles. The summed E-state index contributed by atoms with van der Waals surface area (Å²) in [5.74, 6) is 2.09. The second-order valence-corrected chi connectivity index (χ2v) is 3.49. The Morgan fingerprint density at radius 2 is 2.35 bits per heavy atom. The Labute approximate surface area is 98.5 Å². The van der Waals surface area contributed by atoms with Gasteiger partial charge in [0.2, 0.25) is 0 Å². The normalized spacial score (nSPS) is 9.94. The second kappa shape index (κ2) is 4.66. The van der Waals surface area contributed by atoms with Crippen molar-refractivity contribution in [1.82, 2.24) is 14.8 Å². The summed E-state index contributed by atoms with van der Waals surface area (Å²) in [6, 6.07) is 1.37. The standard InChI is InChI=1S/C12H11FN4/c1-3-4-15-12-8-17(16-9(12)2)11-5-10(13)6-14-7-11/h1,5-8,15H,4H2,2H3. The molecule has 0 aliphatic rings. The molecule has 0 saturated heterocycles. The molecule has 2 aromatic heterocycles. The summed E-state index contributed by atoms with van der Waals surface area (Å²) < 4.78 is 14.6. The number of nitrogens with zero attached hydrogens (tertiary/aromatic N) is 3. The summed E-state index contributed by atoms with van der Waals surface area (Å²) in [7, 11) is 0. The van der Waals surface area contributed by atoms with Crippen molar-refractivity contribution in [3.8, 4) is 18.0 Å². The summed E-state index contributed by atoms with van der Waals surface area (Å²) in [5, 5.41) is 7.29. The van der Waals surface area contributed by atoms with Crippen LogP contribution in [0.2, 0.25) is 0 Å². The van der Waals surface area contributed by atoms with Gasteiger partial charge >= 0.3 is 0 Å². The molecule has 0 fully saturated rings. The quantitative estimate of drug-likeness (QED) is 0.817. The van der Waals surface area contributed by atoms with E-state index in [1.54, 1.807) is 17.1 Å². The first kappa shape index (κ1) is 11.1. The van der Waals surface area contributed by atoms with Gasteiger partial charge < -0.3 is 5.32 Å². The van der Waals surface area contributed by atoms with E-state index in [-0.39, 0.29) is 0 Å². The van der Waals surface area contributed by atoms with Gasteiger partial charge in [0.25, 0.3) is 0 Å². The van der Waals surface area contributed by atoms with Crippen LogP contribution < -0.4 is 5.32 Å². The molecule has 4 nitrogen and oxygen atoms in total. The molecule has 0 aliphatic carbocycles. The molecule has 0 amide bonds. The van der Waals surface area contributed by atoms with Gasteiger partial charge in [0.15, 0.2) is 0 Å². The third kappa shape index (κ3) is 2.42. The highest BCUT2D eigenvalue weighted by Crippen LogP contribution is 2.16. The minimum Gasteiger partial charge on any atom is -0.371 e. The second-order valence-electron chi connectivity index (χ2n) is 3.49. The molecule has 2 rings (SSSR count). The lowest BCUT2D eigenvalue weighted by Crippen LogP contribution is -1.98. The molecular formula is C12H11FN4. The Bertz CT molecular complexity index is 568. The first-order valence-corrected chi connectivity index (χ1v) is 5.05. The predicted octanol–water partition coefficient (Wildman–Crippen LogP) is 1.76. The number of halogens is 1. The number of aryl methyl sites for hydroxylation is 1. The Morgan fingerprint density at radius 3 is 3.06 bits per heavy atom. The van der Waals surface area contributed by atoms with E-state index >= 15 is 0 Å². The smallest absolute Gasteiger partial charge is 0.143 e. The van der Waals surface area contributed by atoms with Crippen LogP contribution in [0.3, 0.4) is 0 Å². The molecule has 0 unspecified atom stereocenters. The van der Waals surface area contributed by atoms with Gasteiger partial charge in [0, 0.05) is 6.07 Å². The fraction of sp³-hybridized carbons (Fsp3) is 0.167. The summed E-state index contributed by atoms with van der Waals surface area (Å²) in [6.45, 7) is 2.27. The van der Waals surface area contributed by atoms with E-state index in [2.05, 4.69) is 21.3 Å². The van der Waals surface area contributed by atoms with E-state index < -0.39 is 5.82 Å². The predicted molar refractivity (Wildman–Crippen MR) is 63.4 cm³/mol. The van der Waals surface area contributed by atoms with Crippen LogP contribution in [0.15, 0.2) is 24.7 Å². The molecular weight excluding hydrogens is 219 g/mol. The number of nitrogens with one attached hydrogen (secondary N) is 1. The Morgan fingerprint density at radius 1 is 1.53 bits per heavy atom. The van der Waals surface area contributed by atoms with E-state index in [4.69, 9.17) is 6.42 Å². The van der Waals surface area contributed by atoms with Crippen molar-refractivity contribution in [2.45, 2.75) is 6.92 Å². The molecule has 0 spiro atoms. The van der Waals surface area contributed by atoms with E-state index in [0.717, 1.165) is 17.6 Å². The highest BCUT2D eigenvalue weighted by atomic mass is 19.1. The van der Waals surface area contributed by atoms with Crippen molar-refractivity contribution < 1.29 is 4.39 Å². The molecule has 2 heterocycles. The van der Waals surface area contributed by atoms with Crippen molar-refractivity contribution >= 4 is 5.69 Å². The SMILES string of the molecule is C#CCNc1cn(-c2cncc(F)c2)nc1C. The fourth-order valence-corrected chi connectivity index (χ4v) is 1.44. The van der Waals surface area contributed by atoms with E-state index in [1.165, 1.54) is 6.07 Å². The number of pyridine rings is 1. The van der Waals surface area contributed by atoms with Crippen LogP contribution in [0.25, 0.3) is 5.69 Å². The topological polar surface area (TPSA) is 42.7 Å². The number of terminal acetylenes is 1. The number of anilines is 1. The Balaban J connectivity index is 2.31. The van der Waals surface area contributed by atoms with Gasteiger partial charge in [-0.2, -0.15) is 5.10 Å². The maximum absolute atomic E-state index is 13.0. The zero-order chi connectivity index (χ0) is 12.3. The van der Waals surface area contributed by atoms with Crippen molar-refractivity contribution in [3.05, 3.63) is 36.2 Å². The first-order valence-electron chi connectivity index (χ1n) is 5.05. The highest BCUT2D eigenvalue weighted by Gasteiger charge is 2.06. The molecule has 5 heteroatoms. The fourth-order valence-electron chi connectivity index (χ4n) is 1.44. The lowest BCUT2D eigenvalue weighted by atomic mass is 10.4. The van der Waals surface area contributed by atoms with E-state index in [9.17, 15) is 4.39 Å². The molecule has 17 heavy (non-hydrogen) atoms. The van der Waals surface area contributed by atoms with Crippen LogP contribution in [-0.4, -0.2) is 21.3 Å². The van der Waals surface area contributed by atoms with E-state index in [0.29, 0.717) is 12.2 Å². The maximum atomic E-state index is 13.0. The Hall–Kier alpha value is -2.35. The lowest BCUT2D eigenvalue weighted by molar-refractivity contribution is 0.618. The van der Waals surface area contributed by atoms with Crippen LogP contribution >= 0.6 is 0 Å². The van der Waals surface area contributed by atoms with Crippen LogP contribution in [-0.2, 0) is 0 Å². The maximum Gasteiger partial charge on any atom is 0.143 e. The first-order chi connectivity index (χ1) is 8.20. The third-order valence-corrected chi connectivity index (χ3v) is 2.23. The molecule has 2 aromatic rings.